The molecular weight excluding hydrogens is 453 g/mol. The van der Waals surface area contributed by atoms with Crippen LogP contribution >= 0.6 is 0 Å². The van der Waals surface area contributed by atoms with Crippen molar-refractivity contribution in [3.63, 3.8) is 0 Å². The zero-order chi connectivity index (χ0) is 25.0. The zero-order valence-corrected chi connectivity index (χ0v) is 18.9. The molecule has 11 heteroatoms. The summed E-state index contributed by atoms with van der Waals surface area (Å²) in [5.41, 5.74) is 3.55. The minimum atomic E-state index is -5.08. The molecule has 34 heavy (non-hydrogen) atoms. The zero-order valence-electron chi connectivity index (χ0n) is 18.9. The first-order chi connectivity index (χ1) is 16.0. The van der Waals surface area contributed by atoms with Crippen LogP contribution in [0.4, 0.5) is 13.2 Å². The molecule has 0 radical (unpaired) electrons. The average molecular weight is 478 g/mol. The Morgan fingerprint density at radius 3 is 2.41 bits per heavy atom. The Kier molecular flexibility index (Phi) is 7.55. The number of hydrogen-bond acceptors (Lipinski definition) is 6. The largest absolute Gasteiger partial charge is 0.490 e. The highest BCUT2D eigenvalue weighted by Crippen LogP contribution is 2.28. The van der Waals surface area contributed by atoms with Crippen molar-refractivity contribution in [1.82, 2.24) is 20.2 Å². The predicted molar refractivity (Wildman–Crippen MR) is 117 cm³/mol. The molecule has 3 aromatic rings. The van der Waals surface area contributed by atoms with Gasteiger partial charge < -0.3 is 19.7 Å². The molecule has 1 saturated heterocycles. The molecule has 1 aromatic carbocycles. The fourth-order valence-corrected chi connectivity index (χ4v) is 3.62. The lowest BCUT2D eigenvalue weighted by Gasteiger charge is -2.16. The molecule has 1 aliphatic heterocycles. The number of nitrogens with zero attached hydrogens (tertiary/aromatic N) is 3. The van der Waals surface area contributed by atoms with Gasteiger partial charge in [-0.1, -0.05) is 18.2 Å². The first-order valence-electron chi connectivity index (χ1n) is 10.6. The summed E-state index contributed by atoms with van der Waals surface area (Å²) in [4.78, 5) is 32.1. The van der Waals surface area contributed by atoms with E-state index >= 15 is 0 Å². The van der Waals surface area contributed by atoms with Crippen molar-refractivity contribution in [2.75, 3.05) is 13.6 Å². The first kappa shape index (κ1) is 25.2. The van der Waals surface area contributed by atoms with Crippen LogP contribution in [-0.2, 0) is 11.3 Å². The molecule has 1 fully saturated rings. The Morgan fingerprint density at radius 1 is 1.24 bits per heavy atom. The summed E-state index contributed by atoms with van der Waals surface area (Å²) in [6, 6.07) is 6.31. The summed E-state index contributed by atoms with van der Waals surface area (Å²) in [5, 5.41) is 11.6. The van der Waals surface area contributed by atoms with E-state index in [9.17, 15) is 18.0 Å². The molecule has 3 heterocycles. The first-order valence-corrected chi connectivity index (χ1v) is 10.6. The molecular formula is C23H25F3N4O4. The van der Waals surface area contributed by atoms with Crippen molar-refractivity contribution >= 4 is 22.8 Å². The second-order valence-electron chi connectivity index (χ2n) is 8.04. The van der Waals surface area contributed by atoms with Crippen molar-refractivity contribution in [1.29, 1.82) is 0 Å². The highest BCUT2D eigenvalue weighted by Gasteiger charge is 2.38. The Bertz CT molecular complexity index is 1170. The van der Waals surface area contributed by atoms with Gasteiger partial charge in [0.05, 0.1) is 18.2 Å². The summed E-state index contributed by atoms with van der Waals surface area (Å²) in [5.74, 6) is -1.30. The molecule has 182 valence electrons. The number of carboxylic acid groups (broad SMARTS) is 1. The number of carbonyl (C=O) groups is 2. The Hall–Kier alpha value is -3.47. The van der Waals surface area contributed by atoms with Crippen molar-refractivity contribution in [3.8, 4) is 0 Å². The number of rotatable bonds is 4. The third kappa shape index (κ3) is 5.71. The second-order valence-corrected chi connectivity index (χ2v) is 8.04. The fraction of sp³-hybridized carbons (Fsp3) is 0.391. The van der Waals surface area contributed by atoms with Crippen molar-refractivity contribution < 1.29 is 32.3 Å². The Morgan fingerprint density at radius 2 is 1.88 bits per heavy atom. The maximum Gasteiger partial charge on any atom is 0.490 e. The number of nitrogens with one attached hydrogen (secondary N) is 1. The van der Waals surface area contributed by atoms with Crippen LogP contribution in [0, 0.1) is 13.8 Å². The molecule has 2 N–H and O–H groups in total. The van der Waals surface area contributed by atoms with Crippen molar-refractivity contribution in [2.24, 2.45) is 0 Å². The van der Waals surface area contributed by atoms with Gasteiger partial charge in [-0.15, -0.1) is 0 Å². The van der Waals surface area contributed by atoms with Crippen LogP contribution in [0.5, 0.6) is 0 Å². The summed E-state index contributed by atoms with van der Waals surface area (Å²) in [7, 11) is 1.77. The molecule has 8 nitrogen and oxygen atoms in total. The lowest BCUT2D eigenvalue weighted by Crippen LogP contribution is -2.27. The molecule has 1 aliphatic rings. The van der Waals surface area contributed by atoms with Crippen LogP contribution in [-0.4, -0.2) is 51.6 Å². The Balaban J connectivity index is 0.000000406. The number of amides is 1. The van der Waals surface area contributed by atoms with Gasteiger partial charge >= 0.3 is 12.1 Å². The van der Waals surface area contributed by atoms with Gasteiger partial charge in [0.2, 0.25) is 0 Å². The van der Waals surface area contributed by atoms with Crippen LogP contribution in [0.1, 0.15) is 52.0 Å². The minimum Gasteiger partial charge on any atom is -0.475 e. The molecule has 1 amide bonds. The van der Waals surface area contributed by atoms with E-state index < -0.39 is 12.1 Å². The van der Waals surface area contributed by atoms with Gasteiger partial charge in [0.1, 0.15) is 17.2 Å². The summed E-state index contributed by atoms with van der Waals surface area (Å²) < 4.78 is 37.8. The van der Waals surface area contributed by atoms with Crippen LogP contribution < -0.4 is 5.32 Å². The average Bonchev–Trinajstić information content (AvgIpc) is 3.43. The highest BCUT2D eigenvalue weighted by atomic mass is 19.4. The molecule has 0 spiro atoms. The lowest BCUT2D eigenvalue weighted by atomic mass is 10.1. The number of halogens is 3. The van der Waals surface area contributed by atoms with E-state index in [1.165, 1.54) is 0 Å². The van der Waals surface area contributed by atoms with E-state index in [2.05, 4.69) is 21.4 Å². The van der Waals surface area contributed by atoms with Gasteiger partial charge in [-0.3, -0.25) is 4.79 Å². The third-order valence-corrected chi connectivity index (χ3v) is 5.52. The summed E-state index contributed by atoms with van der Waals surface area (Å²) in [6.45, 7) is 5.46. The standard InChI is InChI=1S/C21H24N4O2.C2HF3O2/c1-13-6-4-7-16-14(2)18(27-19(13)16)12-25(3)21(26)15-10-23-20(24-11-15)17-8-5-9-22-17;3-2(4,5)1(6)7/h4,6-7,10-11,17,22H,5,8-9,12H2,1-3H3;(H,6,7). The molecule has 1 atom stereocenters. The van der Waals surface area contributed by atoms with E-state index in [-0.39, 0.29) is 11.9 Å². The number of aromatic nitrogens is 2. The number of benzene rings is 1. The van der Waals surface area contributed by atoms with E-state index in [1.807, 2.05) is 26.0 Å². The van der Waals surface area contributed by atoms with Crippen LogP contribution in [0.25, 0.3) is 11.0 Å². The number of aryl methyl sites for hydroxylation is 2. The van der Waals surface area contributed by atoms with Gasteiger partial charge in [0, 0.05) is 30.4 Å². The Labute approximate surface area is 193 Å². The number of alkyl halides is 3. The van der Waals surface area contributed by atoms with Gasteiger partial charge in [-0.2, -0.15) is 13.2 Å². The second kappa shape index (κ2) is 10.2. The van der Waals surface area contributed by atoms with E-state index in [0.717, 1.165) is 53.1 Å². The number of carboxylic acids is 1. The topological polar surface area (TPSA) is 109 Å². The smallest absolute Gasteiger partial charge is 0.475 e. The molecule has 1 unspecified atom stereocenters. The number of carbonyl (C=O) groups excluding carboxylic acids is 1. The molecule has 0 saturated carbocycles. The number of furan rings is 1. The fourth-order valence-electron chi connectivity index (χ4n) is 3.62. The molecule has 4 rings (SSSR count). The minimum absolute atomic E-state index is 0.113. The molecule has 0 aliphatic carbocycles. The van der Waals surface area contributed by atoms with E-state index in [1.54, 1.807) is 24.3 Å². The van der Waals surface area contributed by atoms with Gasteiger partial charge in [0.15, 0.2) is 0 Å². The normalized spacial score (nSPS) is 15.6. The highest BCUT2D eigenvalue weighted by molar-refractivity contribution is 5.93. The predicted octanol–water partition coefficient (Wildman–Crippen LogP) is 4.17. The number of aliphatic carboxylic acids is 1. The third-order valence-electron chi connectivity index (χ3n) is 5.52. The van der Waals surface area contributed by atoms with Crippen LogP contribution in [0.2, 0.25) is 0 Å². The van der Waals surface area contributed by atoms with Gasteiger partial charge in [-0.05, 0) is 38.8 Å². The lowest BCUT2D eigenvalue weighted by molar-refractivity contribution is -0.192. The number of fused-ring (bicyclic) bond motifs is 1. The number of para-hydroxylation sites is 1. The summed E-state index contributed by atoms with van der Waals surface area (Å²) >= 11 is 0. The monoisotopic (exact) mass is 478 g/mol. The van der Waals surface area contributed by atoms with Gasteiger partial charge in [0.25, 0.3) is 5.91 Å². The SMILES string of the molecule is Cc1c(CN(C)C(=O)c2cnc(C3CCCN3)nc2)oc2c(C)cccc12.O=C(O)C(F)(F)F. The maximum atomic E-state index is 12.8. The molecule has 2 aromatic heterocycles. The van der Waals surface area contributed by atoms with Crippen LogP contribution in [0.15, 0.2) is 35.0 Å². The van der Waals surface area contributed by atoms with Crippen molar-refractivity contribution in [2.45, 2.75) is 45.5 Å². The maximum absolute atomic E-state index is 12.8. The number of hydrogen-bond donors (Lipinski definition) is 2. The van der Waals surface area contributed by atoms with E-state index in [0.29, 0.717) is 12.1 Å². The van der Waals surface area contributed by atoms with Gasteiger partial charge in [-0.25, -0.2) is 14.8 Å². The van der Waals surface area contributed by atoms with Crippen LogP contribution in [0.3, 0.4) is 0 Å². The molecule has 0 bridgehead atoms. The van der Waals surface area contributed by atoms with Crippen molar-refractivity contribution in [3.05, 3.63) is 58.9 Å². The van der Waals surface area contributed by atoms with E-state index in [4.69, 9.17) is 14.3 Å². The quantitative estimate of drug-likeness (QED) is 0.579. The summed E-state index contributed by atoms with van der Waals surface area (Å²) in [6.07, 6.45) is 0.333.